The third kappa shape index (κ3) is 4.80. The highest BCUT2D eigenvalue weighted by Crippen LogP contribution is 2.17. The lowest BCUT2D eigenvalue weighted by molar-refractivity contribution is 0.0189. The van der Waals surface area contributed by atoms with Gasteiger partial charge in [0.2, 0.25) is 10.0 Å². The maximum absolute atomic E-state index is 11.8. The molecule has 0 aromatic heterocycles. The smallest absolute Gasteiger partial charge is 0.213 e. The lowest BCUT2D eigenvalue weighted by Crippen LogP contribution is -2.43. The van der Waals surface area contributed by atoms with Crippen LogP contribution in [0.4, 0.5) is 0 Å². The van der Waals surface area contributed by atoms with Crippen molar-refractivity contribution in [3.63, 3.8) is 0 Å². The molecule has 0 spiro atoms. The Morgan fingerprint density at radius 3 is 2.06 bits per heavy atom. The zero-order chi connectivity index (χ0) is 12.8. The largest absolute Gasteiger partial charge is 0.389 e. The molecule has 1 N–H and O–H groups in total. The molecule has 0 aromatic carbocycles. The van der Waals surface area contributed by atoms with Crippen LogP contribution in [0.3, 0.4) is 0 Å². The molecule has 0 aliphatic carbocycles. The second kappa shape index (κ2) is 6.57. The first-order valence-corrected chi connectivity index (χ1v) is 7.58. The first kappa shape index (κ1) is 15.9. The van der Waals surface area contributed by atoms with Gasteiger partial charge >= 0.3 is 0 Å². The van der Waals surface area contributed by atoms with E-state index in [9.17, 15) is 13.5 Å². The average Bonchev–Trinajstić information content (AvgIpc) is 2.26. The van der Waals surface area contributed by atoms with Crippen LogP contribution in [0.5, 0.6) is 0 Å². The van der Waals surface area contributed by atoms with Crippen molar-refractivity contribution >= 4 is 10.0 Å². The summed E-state index contributed by atoms with van der Waals surface area (Å²) in [6.07, 6.45) is 2.66. The van der Waals surface area contributed by atoms with E-state index in [2.05, 4.69) is 0 Å². The maximum atomic E-state index is 11.8. The molecule has 0 bridgehead atoms. The topological polar surface area (TPSA) is 57.6 Å². The number of sulfonamides is 1. The molecule has 0 unspecified atom stereocenters. The summed E-state index contributed by atoms with van der Waals surface area (Å²) in [5.74, 6) is 0.170. The van der Waals surface area contributed by atoms with Gasteiger partial charge in [0, 0.05) is 13.6 Å². The predicted molar refractivity (Wildman–Crippen MR) is 66.9 cm³/mol. The molecule has 4 nitrogen and oxygen atoms in total. The van der Waals surface area contributed by atoms with Crippen molar-refractivity contribution in [2.45, 2.75) is 52.1 Å². The maximum Gasteiger partial charge on any atom is 0.213 e. The van der Waals surface area contributed by atoms with Gasteiger partial charge in [0.25, 0.3) is 0 Å². The van der Waals surface area contributed by atoms with Crippen LogP contribution >= 0.6 is 0 Å². The predicted octanol–water partition coefficient (Wildman–Crippen LogP) is 1.60. The summed E-state index contributed by atoms with van der Waals surface area (Å²) in [6, 6.07) is 0. The average molecular weight is 251 g/mol. The molecule has 0 saturated heterocycles. The standard InChI is InChI=1S/C11H25NO3S/c1-5-8-9-16(14,15)12(4)10-11(13,6-2)7-3/h13H,5-10H2,1-4H3. The van der Waals surface area contributed by atoms with Crippen molar-refractivity contribution in [1.29, 1.82) is 0 Å². The molecule has 0 saturated carbocycles. The molecular formula is C11H25NO3S. The molecule has 0 fully saturated rings. The number of hydrogen-bond donors (Lipinski definition) is 1. The summed E-state index contributed by atoms with van der Waals surface area (Å²) in [7, 11) is -1.66. The van der Waals surface area contributed by atoms with E-state index < -0.39 is 15.6 Å². The highest BCUT2D eigenvalue weighted by Gasteiger charge is 2.29. The SMILES string of the molecule is CCCCS(=O)(=O)N(C)CC(O)(CC)CC. The zero-order valence-electron chi connectivity index (χ0n) is 10.9. The van der Waals surface area contributed by atoms with Gasteiger partial charge in [-0.15, -0.1) is 0 Å². The summed E-state index contributed by atoms with van der Waals surface area (Å²) in [5, 5.41) is 10.1. The molecule has 0 aliphatic rings. The Morgan fingerprint density at radius 1 is 1.19 bits per heavy atom. The Labute approximate surface area is 99.7 Å². The van der Waals surface area contributed by atoms with E-state index in [4.69, 9.17) is 0 Å². The Kier molecular flexibility index (Phi) is 6.51. The Balaban J connectivity index is 4.50. The number of unbranched alkanes of at least 4 members (excludes halogenated alkanes) is 1. The van der Waals surface area contributed by atoms with E-state index in [-0.39, 0.29) is 12.3 Å². The summed E-state index contributed by atoms with van der Waals surface area (Å²) in [6.45, 7) is 5.89. The lowest BCUT2D eigenvalue weighted by Gasteiger charge is -2.30. The molecule has 0 radical (unpaired) electrons. The Bertz CT molecular complexity index is 284. The van der Waals surface area contributed by atoms with Crippen LogP contribution in [0.2, 0.25) is 0 Å². The van der Waals surface area contributed by atoms with Gasteiger partial charge in [-0.2, -0.15) is 0 Å². The molecule has 0 aliphatic heterocycles. The van der Waals surface area contributed by atoms with Crippen molar-refractivity contribution in [3.05, 3.63) is 0 Å². The quantitative estimate of drug-likeness (QED) is 0.713. The fraction of sp³-hybridized carbons (Fsp3) is 1.00. The third-order valence-corrected chi connectivity index (χ3v) is 4.95. The van der Waals surface area contributed by atoms with E-state index >= 15 is 0 Å². The normalized spacial score (nSPS) is 13.4. The van der Waals surface area contributed by atoms with E-state index in [0.29, 0.717) is 19.3 Å². The minimum Gasteiger partial charge on any atom is -0.389 e. The van der Waals surface area contributed by atoms with E-state index in [0.717, 1.165) is 6.42 Å². The molecule has 5 heteroatoms. The molecule has 98 valence electrons. The van der Waals surface area contributed by atoms with E-state index in [1.165, 1.54) is 4.31 Å². The second-order valence-corrected chi connectivity index (χ2v) is 6.55. The first-order valence-electron chi connectivity index (χ1n) is 5.97. The molecular weight excluding hydrogens is 226 g/mol. The summed E-state index contributed by atoms with van der Waals surface area (Å²) in [4.78, 5) is 0. The van der Waals surface area contributed by atoms with Gasteiger partial charge in [-0.1, -0.05) is 27.2 Å². The Hall–Kier alpha value is -0.130. The van der Waals surface area contributed by atoms with Crippen LogP contribution in [0.15, 0.2) is 0 Å². The van der Waals surface area contributed by atoms with Crippen molar-refractivity contribution in [1.82, 2.24) is 4.31 Å². The molecule has 0 aromatic rings. The highest BCUT2D eigenvalue weighted by atomic mass is 32.2. The first-order chi connectivity index (χ1) is 7.31. The number of nitrogens with zero attached hydrogens (tertiary/aromatic N) is 1. The number of hydrogen-bond acceptors (Lipinski definition) is 3. The molecule has 0 atom stereocenters. The van der Waals surface area contributed by atoms with Gasteiger partial charge in [0.1, 0.15) is 0 Å². The number of aliphatic hydroxyl groups is 1. The molecule has 0 heterocycles. The van der Waals surface area contributed by atoms with E-state index in [1.807, 2.05) is 20.8 Å². The summed E-state index contributed by atoms with van der Waals surface area (Å²) < 4.78 is 24.9. The third-order valence-electron chi connectivity index (χ3n) is 3.06. The van der Waals surface area contributed by atoms with Crippen molar-refractivity contribution in [3.8, 4) is 0 Å². The van der Waals surface area contributed by atoms with Crippen molar-refractivity contribution in [2.24, 2.45) is 0 Å². The zero-order valence-corrected chi connectivity index (χ0v) is 11.7. The van der Waals surface area contributed by atoms with Gasteiger partial charge in [0.05, 0.1) is 11.4 Å². The van der Waals surface area contributed by atoms with Crippen LogP contribution < -0.4 is 0 Å². The molecule has 16 heavy (non-hydrogen) atoms. The van der Waals surface area contributed by atoms with Crippen LogP contribution in [-0.4, -0.2) is 42.8 Å². The van der Waals surface area contributed by atoms with Crippen LogP contribution in [0, 0.1) is 0 Å². The fourth-order valence-corrected chi connectivity index (χ4v) is 2.87. The molecule has 0 rings (SSSR count). The van der Waals surface area contributed by atoms with E-state index in [1.54, 1.807) is 7.05 Å². The Morgan fingerprint density at radius 2 is 1.69 bits per heavy atom. The van der Waals surface area contributed by atoms with Crippen LogP contribution in [0.25, 0.3) is 0 Å². The summed E-state index contributed by atoms with van der Waals surface area (Å²) >= 11 is 0. The monoisotopic (exact) mass is 251 g/mol. The number of likely N-dealkylation sites (N-methyl/N-ethyl adjacent to an activating group) is 1. The highest BCUT2D eigenvalue weighted by molar-refractivity contribution is 7.89. The van der Waals surface area contributed by atoms with Gasteiger partial charge < -0.3 is 5.11 Å². The fourth-order valence-electron chi connectivity index (χ4n) is 1.47. The summed E-state index contributed by atoms with van der Waals surface area (Å²) in [5.41, 5.74) is -0.895. The van der Waals surface area contributed by atoms with Gasteiger partial charge in [-0.05, 0) is 19.3 Å². The van der Waals surface area contributed by atoms with Gasteiger partial charge in [-0.3, -0.25) is 0 Å². The number of rotatable bonds is 8. The second-order valence-electron chi connectivity index (χ2n) is 4.36. The minimum atomic E-state index is -3.20. The van der Waals surface area contributed by atoms with Gasteiger partial charge in [0.15, 0.2) is 0 Å². The lowest BCUT2D eigenvalue weighted by atomic mass is 9.98. The van der Waals surface area contributed by atoms with Crippen LogP contribution in [0.1, 0.15) is 46.5 Å². The van der Waals surface area contributed by atoms with Crippen molar-refractivity contribution < 1.29 is 13.5 Å². The minimum absolute atomic E-state index is 0.170. The van der Waals surface area contributed by atoms with Crippen LogP contribution in [-0.2, 0) is 10.0 Å². The molecule has 0 amide bonds. The van der Waals surface area contributed by atoms with Crippen molar-refractivity contribution in [2.75, 3.05) is 19.3 Å². The van der Waals surface area contributed by atoms with Gasteiger partial charge in [-0.25, -0.2) is 12.7 Å².